The average Bonchev–Trinajstić information content (AvgIpc) is 2.68. The highest BCUT2D eigenvalue weighted by Gasteiger charge is 2.39. The van der Waals surface area contributed by atoms with Crippen molar-refractivity contribution in [2.24, 2.45) is 0 Å². The minimum Gasteiger partial charge on any atom is -0.328 e. The first-order valence-corrected chi connectivity index (χ1v) is 8.18. The first-order valence-electron chi connectivity index (χ1n) is 8.18. The lowest BCUT2D eigenvalue weighted by Crippen LogP contribution is -2.56. The van der Waals surface area contributed by atoms with Gasteiger partial charge >= 0.3 is 0 Å². The Morgan fingerprint density at radius 2 is 1.88 bits per heavy atom. The summed E-state index contributed by atoms with van der Waals surface area (Å²) in [4.78, 5) is 32.5. The van der Waals surface area contributed by atoms with Crippen LogP contribution in [0.4, 0.5) is 0 Å². The Labute approximate surface area is 152 Å². The highest BCUT2D eigenvalue weighted by atomic mass is 16.2. The third kappa shape index (κ3) is 3.20. The maximum Gasteiger partial charge on any atom is 0.271 e. The molecule has 0 bridgehead atoms. The van der Waals surface area contributed by atoms with Crippen LogP contribution in [0.1, 0.15) is 16.8 Å². The Kier molecular flexibility index (Phi) is 4.81. The van der Waals surface area contributed by atoms with Crippen LogP contribution < -0.4 is 0 Å². The van der Waals surface area contributed by atoms with Gasteiger partial charge in [0.15, 0.2) is 0 Å². The summed E-state index contributed by atoms with van der Waals surface area (Å²) in [6.07, 6.45) is 3.51. The van der Waals surface area contributed by atoms with Crippen LogP contribution in [0.25, 0.3) is 6.08 Å². The van der Waals surface area contributed by atoms with Crippen molar-refractivity contribution >= 4 is 17.9 Å². The van der Waals surface area contributed by atoms with Gasteiger partial charge in [0.1, 0.15) is 23.5 Å². The molecule has 2 amide bonds. The molecule has 1 saturated heterocycles. The van der Waals surface area contributed by atoms with E-state index in [0.29, 0.717) is 12.0 Å². The van der Waals surface area contributed by atoms with Crippen LogP contribution in [-0.4, -0.2) is 46.7 Å². The lowest BCUT2D eigenvalue weighted by Gasteiger charge is -2.38. The summed E-state index contributed by atoms with van der Waals surface area (Å²) in [5.41, 5.74) is 1.94. The van der Waals surface area contributed by atoms with E-state index in [2.05, 4.69) is 4.98 Å². The molecule has 0 aliphatic carbocycles. The fourth-order valence-corrected chi connectivity index (χ4v) is 2.97. The molecule has 0 N–H and O–H groups in total. The minimum absolute atomic E-state index is 0.162. The summed E-state index contributed by atoms with van der Waals surface area (Å²) in [6, 6.07) is 14.4. The van der Waals surface area contributed by atoms with Gasteiger partial charge in [-0.15, -0.1) is 0 Å². The van der Waals surface area contributed by atoms with E-state index < -0.39 is 6.04 Å². The predicted octanol–water partition coefficient (Wildman–Crippen LogP) is 1.84. The topological polar surface area (TPSA) is 77.3 Å². The van der Waals surface area contributed by atoms with E-state index in [0.717, 1.165) is 5.56 Å². The average molecular weight is 346 g/mol. The van der Waals surface area contributed by atoms with Crippen LogP contribution in [0.15, 0.2) is 54.4 Å². The summed E-state index contributed by atoms with van der Waals surface area (Å²) < 4.78 is 0. The molecule has 6 nitrogen and oxygen atoms in total. The Balaban J connectivity index is 1.93. The molecular weight excluding hydrogens is 328 g/mol. The van der Waals surface area contributed by atoms with Crippen LogP contribution in [0.5, 0.6) is 0 Å². The number of hydrogen-bond donors (Lipinski definition) is 0. The molecule has 1 unspecified atom stereocenters. The summed E-state index contributed by atoms with van der Waals surface area (Å²) in [6.45, 7) is 0. The van der Waals surface area contributed by atoms with Crippen LogP contribution in [0.2, 0.25) is 0 Å². The molecule has 0 saturated carbocycles. The number of nitrogens with zero attached hydrogens (tertiary/aromatic N) is 4. The number of carbonyl (C=O) groups excluding carboxylic acids is 2. The van der Waals surface area contributed by atoms with Gasteiger partial charge in [-0.05, 0) is 17.7 Å². The Hall–Kier alpha value is -3.46. The van der Waals surface area contributed by atoms with E-state index in [1.165, 1.54) is 16.0 Å². The second kappa shape index (κ2) is 7.19. The molecule has 3 rings (SSSR count). The second-order valence-electron chi connectivity index (χ2n) is 6.10. The third-order valence-corrected chi connectivity index (χ3v) is 4.49. The molecule has 0 spiro atoms. The molecule has 1 aliphatic rings. The van der Waals surface area contributed by atoms with Crippen LogP contribution in [0, 0.1) is 11.3 Å². The summed E-state index contributed by atoms with van der Waals surface area (Å²) in [5, 5.41) is 9.17. The highest BCUT2D eigenvalue weighted by molar-refractivity contribution is 6.07. The van der Waals surface area contributed by atoms with Gasteiger partial charge in [0.2, 0.25) is 5.91 Å². The lowest BCUT2D eigenvalue weighted by molar-refractivity contribution is -0.148. The summed E-state index contributed by atoms with van der Waals surface area (Å²) in [5.74, 6) is -0.426. The first-order chi connectivity index (χ1) is 12.5. The molecule has 0 radical (unpaired) electrons. The largest absolute Gasteiger partial charge is 0.328 e. The quantitative estimate of drug-likeness (QED) is 0.795. The fourth-order valence-electron chi connectivity index (χ4n) is 2.97. The summed E-state index contributed by atoms with van der Waals surface area (Å²) in [7, 11) is 3.21. The number of aromatic nitrogens is 1. The zero-order valence-electron chi connectivity index (χ0n) is 14.6. The molecule has 1 aromatic carbocycles. The lowest BCUT2D eigenvalue weighted by atomic mass is 10.00. The molecule has 130 valence electrons. The van der Waals surface area contributed by atoms with E-state index >= 15 is 0 Å². The van der Waals surface area contributed by atoms with E-state index in [9.17, 15) is 14.9 Å². The van der Waals surface area contributed by atoms with Gasteiger partial charge in [-0.25, -0.2) is 4.98 Å². The van der Waals surface area contributed by atoms with Gasteiger partial charge in [-0.2, -0.15) is 5.26 Å². The number of carbonyl (C=O) groups is 2. The van der Waals surface area contributed by atoms with Crippen molar-refractivity contribution in [1.82, 2.24) is 14.8 Å². The number of hydrogen-bond acceptors (Lipinski definition) is 4. The van der Waals surface area contributed by atoms with Gasteiger partial charge in [0, 0.05) is 32.3 Å². The maximum atomic E-state index is 12.9. The normalized spacial score (nSPS) is 19.0. The first kappa shape index (κ1) is 17.4. The van der Waals surface area contributed by atoms with Crippen molar-refractivity contribution in [1.29, 1.82) is 5.26 Å². The monoisotopic (exact) mass is 346 g/mol. The second-order valence-corrected chi connectivity index (χ2v) is 6.10. The van der Waals surface area contributed by atoms with Gasteiger partial charge in [-0.3, -0.25) is 9.59 Å². The maximum absolute atomic E-state index is 12.9. The fraction of sp³-hybridized carbons (Fsp3) is 0.200. The molecule has 2 aromatic rings. The molecule has 1 aliphatic heterocycles. The number of nitriles is 1. The number of benzene rings is 1. The van der Waals surface area contributed by atoms with Crippen molar-refractivity contribution in [3.63, 3.8) is 0 Å². The van der Waals surface area contributed by atoms with Gasteiger partial charge in [-0.1, -0.05) is 36.4 Å². The molecule has 1 fully saturated rings. The number of rotatable bonds is 3. The van der Waals surface area contributed by atoms with Crippen molar-refractivity contribution in [3.8, 4) is 6.07 Å². The van der Waals surface area contributed by atoms with E-state index in [-0.39, 0.29) is 23.2 Å². The van der Waals surface area contributed by atoms with Crippen molar-refractivity contribution in [3.05, 3.63) is 71.2 Å². The highest BCUT2D eigenvalue weighted by Crippen LogP contribution is 2.23. The Morgan fingerprint density at radius 1 is 1.15 bits per heavy atom. The molecular formula is C20H18N4O2. The third-order valence-electron chi connectivity index (χ3n) is 4.49. The minimum atomic E-state index is -0.559. The Bertz CT molecular complexity index is 915. The number of likely N-dealkylation sites (N-methyl/N-ethyl adjacent to an activating group) is 2. The van der Waals surface area contributed by atoms with Gasteiger partial charge in [0.05, 0.1) is 0 Å². The van der Waals surface area contributed by atoms with E-state index in [1.807, 2.05) is 36.4 Å². The van der Waals surface area contributed by atoms with Crippen LogP contribution >= 0.6 is 0 Å². The van der Waals surface area contributed by atoms with E-state index in [1.54, 1.807) is 32.3 Å². The molecule has 6 heteroatoms. The molecule has 26 heavy (non-hydrogen) atoms. The van der Waals surface area contributed by atoms with Gasteiger partial charge < -0.3 is 9.80 Å². The van der Waals surface area contributed by atoms with Crippen molar-refractivity contribution < 1.29 is 9.59 Å². The predicted molar refractivity (Wildman–Crippen MR) is 96.4 cm³/mol. The van der Waals surface area contributed by atoms with Crippen molar-refractivity contribution in [2.45, 2.75) is 12.5 Å². The summed E-state index contributed by atoms with van der Waals surface area (Å²) >= 11 is 0. The van der Waals surface area contributed by atoms with Crippen LogP contribution in [-0.2, 0) is 16.0 Å². The number of pyridine rings is 1. The number of amides is 2. The smallest absolute Gasteiger partial charge is 0.271 e. The zero-order chi connectivity index (χ0) is 18.7. The number of piperazine rings is 1. The SMILES string of the molecule is CN1C(=O)C(Cc2ccccc2)N(C)C(=O)/C1=C\c1cccnc1C#N. The standard InChI is InChI=1S/C20H18N4O2/c1-23-17(11-14-7-4-3-5-8-14)19(25)24(2)18(20(23)26)12-15-9-6-10-22-16(15)13-21/h3-10,12,17H,11H2,1-2H3/b18-12+. The molecule has 1 aromatic heterocycles. The molecule has 2 heterocycles. The van der Waals surface area contributed by atoms with Crippen molar-refractivity contribution in [2.75, 3.05) is 14.1 Å². The van der Waals surface area contributed by atoms with Crippen LogP contribution in [0.3, 0.4) is 0 Å². The molecule has 1 atom stereocenters. The zero-order valence-corrected chi connectivity index (χ0v) is 14.6. The Morgan fingerprint density at radius 3 is 2.58 bits per heavy atom. The van der Waals surface area contributed by atoms with E-state index in [4.69, 9.17) is 0 Å². The van der Waals surface area contributed by atoms with Gasteiger partial charge in [0.25, 0.3) is 5.91 Å².